The highest BCUT2D eigenvalue weighted by molar-refractivity contribution is 7.19. The van der Waals surface area contributed by atoms with Crippen LogP contribution < -0.4 is 10.5 Å². The van der Waals surface area contributed by atoms with Crippen LogP contribution in [0.15, 0.2) is 52.3 Å². The van der Waals surface area contributed by atoms with Gasteiger partial charge in [0, 0.05) is 10.1 Å². The van der Waals surface area contributed by atoms with E-state index >= 15 is 0 Å². The number of aryl methyl sites for hydroxylation is 1. The SMILES string of the molecule is Cc1ccc([C@H]2C(C#N)=C(N)Oc3c2sc2ccccc32)o1. The Kier molecular flexibility index (Phi) is 2.75. The quantitative estimate of drug-likeness (QED) is 0.737. The third-order valence-electron chi connectivity index (χ3n) is 3.77. The van der Waals surface area contributed by atoms with Crippen molar-refractivity contribution in [1.29, 1.82) is 5.26 Å². The monoisotopic (exact) mass is 308 g/mol. The largest absolute Gasteiger partial charge is 0.465 e. The van der Waals surface area contributed by atoms with Gasteiger partial charge in [0.25, 0.3) is 0 Å². The molecule has 1 atom stereocenters. The molecule has 0 amide bonds. The van der Waals surface area contributed by atoms with Crippen LogP contribution >= 0.6 is 11.3 Å². The summed E-state index contributed by atoms with van der Waals surface area (Å²) in [4.78, 5) is 0.960. The lowest BCUT2D eigenvalue weighted by Crippen LogP contribution is -2.19. The van der Waals surface area contributed by atoms with Crippen LogP contribution in [0, 0.1) is 18.3 Å². The Labute approximate surface area is 131 Å². The fraction of sp³-hybridized carbons (Fsp3) is 0.118. The Balaban J connectivity index is 2.01. The van der Waals surface area contributed by atoms with E-state index in [0.717, 1.165) is 26.5 Å². The predicted octanol–water partition coefficient (Wildman–Crippen LogP) is 4.02. The first-order valence-electron chi connectivity index (χ1n) is 6.84. The summed E-state index contributed by atoms with van der Waals surface area (Å²) < 4.78 is 12.6. The normalized spacial score (nSPS) is 17.2. The van der Waals surface area contributed by atoms with Crippen molar-refractivity contribution in [2.75, 3.05) is 0 Å². The third-order valence-corrected chi connectivity index (χ3v) is 4.99. The van der Waals surface area contributed by atoms with Crippen molar-refractivity contribution in [1.82, 2.24) is 0 Å². The van der Waals surface area contributed by atoms with E-state index in [1.54, 1.807) is 11.3 Å². The van der Waals surface area contributed by atoms with Crippen LogP contribution in [-0.2, 0) is 0 Å². The zero-order valence-electron chi connectivity index (χ0n) is 11.8. The summed E-state index contributed by atoms with van der Waals surface area (Å²) in [7, 11) is 0. The van der Waals surface area contributed by atoms with Gasteiger partial charge in [-0.3, -0.25) is 0 Å². The van der Waals surface area contributed by atoms with Gasteiger partial charge >= 0.3 is 0 Å². The molecule has 0 radical (unpaired) electrons. The van der Waals surface area contributed by atoms with E-state index < -0.39 is 0 Å². The molecule has 3 aromatic rings. The molecule has 1 aliphatic rings. The van der Waals surface area contributed by atoms with Gasteiger partial charge in [-0.05, 0) is 31.2 Å². The number of thiophene rings is 1. The van der Waals surface area contributed by atoms with Gasteiger partial charge < -0.3 is 14.9 Å². The summed E-state index contributed by atoms with van der Waals surface area (Å²) in [5, 5.41) is 10.5. The molecule has 3 heterocycles. The summed E-state index contributed by atoms with van der Waals surface area (Å²) >= 11 is 1.61. The summed E-state index contributed by atoms with van der Waals surface area (Å²) in [6.07, 6.45) is 0. The Morgan fingerprint density at radius 3 is 2.77 bits per heavy atom. The number of rotatable bonds is 1. The van der Waals surface area contributed by atoms with E-state index in [2.05, 4.69) is 6.07 Å². The minimum atomic E-state index is -0.306. The van der Waals surface area contributed by atoms with Crippen molar-refractivity contribution in [3.8, 4) is 11.8 Å². The molecule has 0 saturated heterocycles. The van der Waals surface area contributed by atoms with Gasteiger partial charge in [-0.25, -0.2) is 0 Å². The highest BCUT2D eigenvalue weighted by atomic mass is 32.1. The fourth-order valence-corrected chi connectivity index (χ4v) is 4.02. The molecule has 0 bridgehead atoms. The maximum atomic E-state index is 9.50. The molecule has 5 heteroatoms. The highest BCUT2D eigenvalue weighted by Gasteiger charge is 2.35. The summed E-state index contributed by atoms with van der Waals surface area (Å²) in [5.41, 5.74) is 6.38. The van der Waals surface area contributed by atoms with E-state index in [4.69, 9.17) is 14.9 Å². The highest BCUT2D eigenvalue weighted by Crippen LogP contribution is 2.50. The molecule has 1 aromatic carbocycles. The second kappa shape index (κ2) is 4.65. The summed E-state index contributed by atoms with van der Waals surface area (Å²) in [5.74, 6) is 2.10. The van der Waals surface area contributed by atoms with Crippen LogP contribution in [0.5, 0.6) is 5.75 Å². The lowest BCUT2D eigenvalue weighted by Gasteiger charge is -2.21. The molecular formula is C17H12N2O2S. The van der Waals surface area contributed by atoms with Gasteiger partial charge in [0.1, 0.15) is 23.2 Å². The Morgan fingerprint density at radius 2 is 2.05 bits per heavy atom. The van der Waals surface area contributed by atoms with Crippen molar-refractivity contribution < 1.29 is 9.15 Å². The number of nitriles is 1. The molecule has 0 saturated carbocycles. The van der Waals surface area contributed by atoms with Crippen LogP contribution in [0.4, 0.5) is 0 Å². The standard InChI is InChI=1S/C17H12N2O2S/c1-9-6-7-12(20-9)14-11(8-18)17(19)21-15-10-4-2-3-5-13(10)22-16(14)15/h2-7,14H,19H2,1H3/t14-/m1/s1. The molecule has 0 spiro atoms. The zero-order chi connectivity index (χ0) is 15.3. The number of hydrogen-bond acceptors (Lipinski definition) is 5. The van der Waals surface area contributed by atoms with Crippen molar-refractivity contribution >= 4 is 21.4 Å². The van der Waals surface area contributed by atoms with Crippen molar-refractivity contribution in [3.05, 3.63) is 64.3 Å². The first kappa shape index (κ1) is 13.0. The second-order valence-corrected chi connectivity index (χ2v) is 6.25. The van der Waals surface area contributed by atoms with Crippen molar-refractivity contribution in [3.63, 3.8) is 0 Å². The van der Waals surface area contributed by atoms with E-state index in [9.17, 15) is 5.26 Å². The van der Waals surface area contributed by atoms with Crippen LogP contribution in [0.1, 0.15) is 22.3 Å². The van der Waals surface area contributed by atoms with Crippen LogP contribution in [0.3, 0.4) is 0 Å². The number of allylic oxidation sites excluding steroid dienone is 1. The maximum absolute atomic E-state index is 9.50. The molecule has 2 aromatic heterocycles. The minimum Gasteiger partial charge on any atom is -0.465 e. The number of nitrogens with zero attached hydrogens (tertiary/aromatic N) is 1. The Hall–Kier alpha value is -2.71. The first-order chi connectivity index (χ1) is 10.7. The van der Waals surface area contributed by atoms with Crippen molar-refractivity contribution in [2.45, 2.75) is 12.8 Å². The average molecular weight is 308 g/mol. The van der Waals surface area contributed by atoms with Crippen LogP contribution in [0.25, 0.3) is 10.1 Å². The maximum Gasteiger partial charge on any atom is 0.205 e. The smallest absolute Gasteiger partial charge is 0.205 e. The van der Waals surface area contributed by atoms with Gasteiger partial charge in [0.2, 0.25) is 5.88 Å². The molecule has 2 N–H and O–H groups in total. The second-order valence-electron chi connectivity index (χ2n) is 5.16. The molecular weight excluding hydrogens is 296 g/mol. The number of nitrogens with two attached hydrogens (primary N) is 1. The van der Waals surface area contributed by atoms with Gasteiger partial charge in [0.15, 0.2) is 5.75 Å². The number of benzene rings is 1. The molecule has 0 aliphatic carbocycles. The molecule has 22 heavy (non-hydrogen) atoms. The van der Waals surface area contributed by atoms with Gasteiger partial charge in [-0.1, -0.05) is 12.1 Å². The molecule has 0 unspecified atom stereocenters. The van der Waals surface area contributed by atoms with Crippen LogP contribution in [0.2, 0.25) is 0 Å². The zero-order valence-corrected chi connectivity index (χ0v) is 12.6. The summed E-state index contributed by atoms with van der Waals surface area (Å²) in [6, 6.07) is 13.9. The average Bonchev–Trinajstić information content (AvgIpc) is 3.09. The molecule has 4 nitrogen and oxygen atoms in total. The van der Waals surface area contributed by atoms with Crippen LogP contribution in [-0.4, -0.2) is 0 Å². The van der Waals surface area contributed by atoms with E-state index in [-0.39, 0.29) is 11.8 Å². The molecule has 4 rings (SSSR count). The van der Waals surface area contributed by atoms with Gasteiger partial charge in [-0.15, -0.1) is 11.3 Å². The summed E-state index contributed by atoms with van der Waals surface area (Å²) in [6.45, 7) is 1.88. The number of hydrogen-bond donors (Lipinski definition) is 1. The topological polar surface area (TPSA) is 72.2 Å². The van der Waals surface area contributed by atoms with Crippen molar-refractivity contribution in [2.24, 2.45) is 5.73 Å². The minimum absolute atomic E-state index is 0.151. The van der Waals surface area contributed by atoms with Gasteiger partial charge in [-0.2, -0.15) is 5.26 Å². The number of fused-ring (bicyclic) bond motifs is 3. The lowest BCUT2D eigenvalue weighted by atomic mass is 9.93. The van der Waals surface area contributed by atoms with Gasteiger partial charge in [0.05, 0.1) is 10.8 Å². The van der Waals surface area contributed by atoms with E-state index in [1.165, 1.54) is 0 Å². The Morgan fingerprint density at radius 1 is 1.23 bits per heavy atom. The van der Waals surface area contributed by atoms with E-state index in [0.29, 0.717) is 11.3 Å². The predicted molar refractivity (Wildman–Crippen MR) is 84.6 cm³/mol. The Bertz CT molecular complexity index is 959. The third kappa shape index (κ3) is 1.74. The fourth-order valence-electron chi connectivity index (χ4n) is 2.77. The molecule has 108 valence electrons. The first-order valence-corrected chi connectivity index (χ1v) is 7.66. The number of furan rings is 1. The molecule has 0 fully saturated rings. The van der Waals surface area contributed by atoms with E-state index in [1.807, 2.05) is 43.3 Å². The molecule has 1 aliphatic heterocycles. The lowest BCUT2D eigenvalue weighted by molar-refractivity contribution is 0.389. The number of ether oxygens (including phenoxy) is 1.